The number of ether oxygens (including phenoxy) is 1. The number of hydrogen-bond donors (Lipinski definition) is 0. The molecule has 0 fully saturated rings. The Labute approximate surface area is 141 Å². The second kappa shape index (κ2) is 6.11. The highest BCUT2D eigenvalue weighted by molar-refractivity contribution is 6.00. The Morgan fingerprint density at radius 3 is 2.71 bits per heavy atom. The molecular weight excluding hydrogens is 302 g/mol. The lowest BCUT2D eigenvalue weighted by Gasteiger charge is -2.28. The van der Waals surface area contributed by atoms with E-state index >= 15 is 0 Å². The normalized spacial score (nSPS) is 15.8. The Hall–Kier alpha value is -2.62. The van der Waals surface area contributed by atoms with Crippen LogP contribution in [0.2, 0.25) is 0 Å². The van der Waals surface area contributed by atoms with Crippen LogP contribution in [0.5, 0.6) is 5.75 Å². The lowest BCUT2D eigenvalue weighted by molar-refractivity contribution is -0.134. The topological polar surface area (TPSA) is 46.6 Å². The maximum atomic E-state index is 12.4. The van der Waals surface area contributed by atoms with Gasteiger partial charge in [-0.05, 0) is 47.7 Å². The molecule has 0 bridgehead atoms. The monoisotopic (exact) mass is 321 g/mol. The van der Waals surface area contributed by atoms with E-state index in [1.54, 1.807) is 6.07 Å². The van der Waals surface area contributed by atoms with Crippen LogP contribution in [0.3, 0.4) is 0 Å². The van der Waals surface area contributed by atoms with E-state index in [0.29, 0.717) is 18.7 Å². The average Bonchev–Trinajstić information content (AvgIpc) is 2.99. The third-order valence-corrected chi connectivity index (χ3v) is 4.84. The fourth-order valence-electron chi connectivity index (χ4n) is 3.47. The standard InChI is InChI=1S/C20H19NO3/c22-19-8-5-15-11-17(6-7-18(15)19)24-13-20(23)21-10-9-14-3-1-2-4-16(14)12-21/h1-4,6-7,11H,5,8-10,12-13H2. The molecule has 0 aromatic heterocycles. The molecule has 1 aliphatic heterocycles. The molecule has 24 heavy (non-hydrogen) atoms. The Bertz CT molecular complexity index is 812. The zero-order chi connectivity index (χ0) is 16.5. The fraction of sp³-hybridized carbons (Fsp3) is 0.300. The summed E-state index contributed by atoms with van der Waals surface area (Å²) in [6.07, 6.45) is 2.23. The number of nitrogens with zero attached hydrogens (tertiary/aromatic N) is 1. The minimum Gasteiger partial charge on any atom is -0.484 e. The van der Waals surface area contributed by atoms with Gasteiger partial charge in [-0.1, -0.05) is 24.3 Å². The van der Waals surface area contributed by atoms with Gasteiger partial charge in [0.2, 0.25) is 0 Å². The molecule has 0 spiro atoms. The second-order valence-electron chi connectivity index (χ2n) is 6.36. The van der Waals surface area contributed by atoms with Crippen molar-refractivity contribution in [3.8, 4) is 5.75 Å². The minimum atomic E-state index is 0.000998. The summed E-state index contributed by atoms with van der Waals surface area (Å²) in [6, 6.07) is 13.7. The number of fused-ring (bicyclic) bond motifs is 2. The van der Waals surface area contributed by atoms with E-state index < -0.39 is 0 Å². The van der Waals surface area contributed by atoms with Gasteiger partial charge in [-0.25, -0.2) is 0 Å². The Balaban J connectivity index is 1.38. The summed E-state index contributed by atoms with van der Waals surface area (Å²) < 4.78 is 5.67. The molecule has 1 aliphatic carbocycles. The van der Waals surface area contributed by atoms with Gasteiger partial charge >= 0.3 is 0 Å². The predicted molar refractivity (Wildman–Crippen MR) is 90.2 cm³/mol. The Morgan fingerprint density at radius 1 is 1.00 bits per heavy atom. The summed E-state index contributed by atoms with van der Waals surface area (Å²) in [5.41, 5.74) is 4.36. The molecule has 2 aromatic rings. The molecule has 4 heteroatoms. The molecule has 0 atom stereocenters. The number of Topliss-reactive ketones (excluding diaryl/α,β-unsaturated/α-hetero) is 1. The van der Waals surface area contributed by atoms with Crippen LogP contribution in [0.25, 0.3) is 0 Å². The third kappa shape index (κ3) is 2.80. The van der Waals surface area contributed by atoms with Crippen LogP contribution in [0.15, 0.2) is 42.5 Å². The summed E-state index contributed by atoms with van der Waals surface area (Å²) >= 11 is 0. The van der Waals surface area contributed by atoms with Crippen molar-refractivity contribution in [2.24, 2.45) is 0 Å². The van der Waals surface area contributed by atoms with Gasteiger partial charge in [0.1, 0.15) is 5.75 Å². The molecule has 2 aromatic carbocycles. The zero-order valence-electron chi connectivity index (χ0n) is 13.5. The number of carbonyl (C=O) groups excluding carboxylic acids is 2. The van der Waals surface area contributed by atoms with Gasteiger partial charge < -0.3 is 9.64 Å². The van der Waals surface area contributed by atoms with Gasteiger partial charge in [0.25, 0.3) is 5.91 Å². The predicted octanol–water partition coefficient (Wildman–Crippen LogP) is 2.78. The molecular formula is C20H19NO3. The molecule has 0 saturated heterocycles. The van der Waals surface area contributed by atoms with Crippen molar-refractivity contribution in [2.45, 2.75) is 25.8 Å². The van der Waals surface area contributed by atoms with Crippen molar-refractivity contribution in [3.63, 3.8) is 0 Å². The number of benzene rings is 2. The van der Waals surface area contributed by atoms with Crippen LogP contribution in [0.4, 0.5) is 0 Å². The van der Waals surface area contributed by atoms with Crippen LogP contribution >= 0.6 is 0 Å². The Morgan fingerprint density at radius 2 is 1.83 bits per heavy atom. The lowest BCUT2D eigenvalue weighted by Crippen LogP contribution is -2.38. The molecule has 1 amide bonds. The van der Waals surface area contributed by atoms with Gasteiger partial charge in [-0.2, -0.15) is 0 Å². The first-order chi connectivity index (χ1) is 11.7. The minimum absolute atomic E-state index is 0.000998. The molecule has 2 aliphatic rings. The van der Waals surface area contributed by atoms with Gasteiger partial charge in [-0.3, -0.25) is 9.59 Å². The van der Waals surface area contributed by atoms with Crippen LogP contribution < -0.4 is 4.74 Å². The number of aryl methyl sites for hydroxylation is 1. The van der Waals surface area contributed by atoms with Crippen LogP contribution in [-0.2, 0) is 24.2 Å². The summed E-state index contributed by atoms with van der Waals surface area (Å²) in [6.45, 7) is 1.42. The average molecular weight is 321 g/mol. The summed E-state index contributed by atoms with van der Waals surface area (Å²) in [7, 11) is 0. The van der Waals surface area contributed by atoms with E-state index in [9.17, 15) is 9.59 Å². The van der Waals surface area contributed by atoms with Crippen LogP contribution in [0, 0.1) is 0 Å². The highest BCUT2D eigenvalue weighted by Crippen LogP contribution is 2.26. The van der Waals surface area contributed by atoms with E-state index in [0.717, 1.165) is 30.5 Å². The van der Waals surface area contributed by atoms with Gasteiger partial charge in [0.15, 0.2) is 12.4 Å². The van der Waals surface area contributed by atoms with Crippen molar-refractivity contribution in [2.75, 3.05) is 13.2 Å². The highest BCUT2D eigenvalue weighted by Gasteiger charge is 2.22. The summed E-state index contributed by atoms with van der Waals surface area (Å²) in [4.78, 5) is 25.9. The van der Waals surface area contributed by atoms with Crippen LogP contribution in [-0.4, -0.2) is 29.7 Å². The highest BCUT2D eigenvalue weighted by atomic mass is 16.5. The summed E-state index contributed by atoms with van der Waals surface area (Å²) in [5, 5.41) is 0. The number of hydrogen-bond acceptors (Lipinski definition) is 3. The first-order valence-electron chi connectivity index (χ1n) is 8.34. The number of ketones is 1. The largest absolute Gasteiger partial charge is 0.484 e. The molecule has 0 N–H and O–H groups in total. The van der Waals surface area contributed by atoms with E-state index in [1.807, 2.05) is 29.2 Å². The number of carbonyl (C=O) groups is 2. The number of amides is 1. The first-order valence-corrected chi connectivity index (χ1v) is 8.34. The van der Waals surface area contributed by atoms with Crippen LogP contribution in [0.1, 0.15) is 33.5 Å². The molecule has 122 valence electrons. The summed E-state index contributed by atoms with van der Waals surface area (Å²) in [5.74, 6) is 0.856. The van der Waals surface area contributed by atoms with Gasteiger partial charge in [0.05, 0.1) is 0 Å². The molecule has 0 radical (unpaired) electrons. The first kappa shape index (κ1) is 14.9. The van der Waals surface area contributed by atoms with E-state index in [4.69, 9.17) is 4.74 Å². The van der Waals surface area contributed by atoms with Gasteiger partial charge in [0, 0.05) is 25.1 Å². The SMILES string of the molecule is O=C1CCc2cc(OCC(=O)N3CCc4ccccc4C3)ccc21. The van der Waals surface area contributed by atoms with Crippen molar-refractivity contribution in [1.82, 2.24) is 4.90 Å². The fourth-order valence-corrected chi connectivity index (χ4v) is 3.47. The molecule has 4 nitrogen and oxygen atoms in total. The molecule has 0 saturated carbocycles. The molecule has 4 rings (SSSR count). The smallest absolute Gasteiger partial charge is 0.260 e. The maximum absolute atomic E-state index is 12.4. The quantitative estimate of drug-likeness (QED) is 0.873. The lowest BCUT2D eigenvalue weighted by atomic mass is 10.00. The maximum Gasteiger partial charge on any atom is 0.260 e. The van der Waals surface area contributed by atoms with Gasteiger partial charge in [-0.15, -0.1) is 0 Å². The second-order valence-corrected chi connectivity index (χ2v) is 6.36. The van der Waals surface area contributed by atoms with Crippen molar-refractivity contribution in [3.05, 3.63) is 64.7 Å². The van der Waals surface area contributed by atoms with Crippen molar-refractivity contribution < 1.29 is 14.3 Å². The van der Waals surface area contributed by atoms with E-state index in [-0.39, 0.29) is 18.3 Å². The van der Waals surface area contributed by atoms with Crippen molar-refractivity contribution >= 4 is 11.7 Å². The molecule has 0 unspecified atom stereocenters. The zero-order valence-corrected chi connectivity index (χ0v) is 13.5. The third-order valence-electron chi connectivity index (χ3n) is 4.84. The van der Waals surface area contributed by atoms with E-state index in [2.05, 4.69) is 12.1 Å². The van der Waals surface area contributed by atoms with Crippen molar-refractivity contribution in [1.29, 1.82) is 0 Å². The Kier molecular flexibility index (Phi) is 3.81. The molecule has 1 heterocycles. The number of rotatable bonds is 3. The van der Waals surface area contributed by atoms with E-state index in [1.165, 1.54) is 11.1 Å².